The molecule has 0 radical (unpaired) electrons. The number of aromatic amines is 1. The quantitative estimate of drug-likeness (QED) is 0.0948. The van der Waals surface area contributed by atoms with Gasteiger partial charge in [0.1, 0.15) is 24.2 Å². The molecule has 0 saturated heterocycles. The number of aliphatic hydroxyl groups is 2. The van der Waals surface area contributed by atoms with E-state index in [1.807, 2.05) is 24.3 Å². The summed E-state index contributed by atoms with van der Waals surface area (Å²) in [6.07, 6.45) is -0.299. The molecule has 15 heteroatoms. The number of aliphatic carboxylic acids is 1. The molecule has 8 N–H and O–H groups in total. The Balaban J connectivity index is 2.15. The molecule has 260 valence electrons. The summed E-state index contributed by atoms with van der Waals surface area (Å²) in [6.45, 7) is 5.91. The van der Waals surface area contributed by atoms with Crippen LogP contribution in [-0.4, -0.2) is 100 Å². The van der Waals surface area contributed by atoms with Gasteiger partial charge >= 0.3 is 11.9 Å². The Morgan fingerprint density at radius 2 is 1.62 bits per heavy atom. The predicted molar refractivity (Wildman–Crippen MR) is 171 cm³/mol. The highest BCUT2D eigenvalue weighted by Gasteiger charge is 2.34. The van der Waals surface area contributed by atoms with Crippen molar-refractivity contribution in [1.82, 2.24) is 26.3 Å². The third kappa shape index (κ3) is 11.4. The van der Waals surface area contributed by atoms with E-state index in [2.05, 4.69) is 26.3 Å². The van der Waals surface area contributed by atoms with Crippen LogP contribution in [0.15, 0.2) is 30.5 Å². The van der Waals surface area contributed by atoms with E-state index in [0.717, 1.165) is 16.5 Å². The highest BCUT2D eigenvalue weighted by Crippen LogP contribution is 2.20. The number of para-hydroxylation sites is 1. The number of carboxylic acids is 1. The maximum Gasteiger partial charge on any atom is 0.328 e. The molecule has 15 nitrogen and oxygen atoms in total. The third-order valence-corrected chi connectivity index (χ3v) is 8.04. The minimum Gasteiger partial charge on any atom is -0.481 e. The number of carbonyl (C=O) groups excluding carboxylic acids is 5. The number of aromatic nitrogens is 1. The van der Waals surface area contributed by atoms with Gasteiger partial charge in [0.15, 0.2) is 0 Å². The van der Waals surface area contributed by atoms with Crippen LogP contribution in [0.3, 0.4) is 0 Å². The van der Waals surface area contributed by atoms with Crippen LogP contribution in [0, 0.1) is 11.3 Å². The maximum absolute atomic E-state index is 13.5. The Kier molecular flexibility index (Phi) is 14.8. The minimum absolute atomic E-state index is 0.0542. The molecular formula is C32H47N5O10. The number of hydrogen-bond donors (Lipinski definition) is 8. The topological polar surface area (TPSA) is 236 Å². The van der Waals surface area contributed by atoms with Crippen molar-refractivity contribution in [2.24, 2.45) is 11.3 Å². The number of fused-ring (bicyclic) bond motifs is 1. The molecule has 0 aliphatic heterocycles. The minimum atomic E-state index is -1.51. The Hall–Kier alpha value is -4.50. The van der Waals surface area contributed by atoms with E-state index in [9.17, 15) is 44.1 Å². The molecular weight excluding hydrogens is 614 g/mol. The fraction of sp³-hybridized carbons (Fsp3) is 0.562. The smallest absolute Gasteiger partial charge is 0.328 e. The number of carbonyl (C=O) groups is 6. The predicted octanol–water partition coefficient (Wildman–Crippen LogP) is 0.134. The van der Waals surface area contributed by atoms with Gasteiger partial charge in [-0.15, -0.1) is 0 Å². The van der Waals surface area contributed by atoms with Gasteiger partial charge in [-0.25, -0.2) is 4.79 Å². The molecule has 5 atom stereocenters. The van der Waals surface area contributed by atoms with Crippen LogP contribution in [0.4, 0.5) is 0 Å². The van der Waals surface area contributed by atoms with Gasteiger partial charge in [0.25, 0.3) is 0 Å². The van der Waals surface area contributed by atoms with Crippen molar-refractivity contribution >= 4 is 46.5 Å². The van der Waals surface area contributed by atoms with Crippen molar-refractivity contribution in [2.75, 3.05) is 20.3 Å². The van der Waals surface area contributed by atoms with E-state index in [1.54, 1.807) is 20.0 Å². The summed E-state index contributed by atoms with van der Waals surface area (Å²) in [6, 6.07) is 3.74. The summed E-state index contributed by atoms with van der Waals surface area (Å²) >= 11 is 0. The number of carboxylic acid groups (broad SMARTS) is 1. The number of hydrogen-bond acceptors (Lipinski definition) is 9. The third-order valence-electron chi connectivity index (χ3n) is 8.04. The summed E-state index contributed by atoms with van der Waals surface area (Å²) in [7, 11) is 1.17. The first kappa shape index (κ1) is 38.7. The van der Waals surface area contributed by atoms with Crippen LogP contribution >= 0.6 is 0 Å². The first-order chi connectivity index (χ1) is 22.1. The molecule has 0 spiro atoms. The zero-order valence-corrected chi connectivity index (χ0v) is 27.4. The number of ether oxygens (including phenoxy) is 1. The monoisotopic (exact) mass is 661 g/mol. The lowest BCUT2D eigenvalue weighted by molar-refractivity contribution is -0.145. The molecule has 0 bridgehead atoms. The Labute approximate surface area is 273 Å². The van der Waals surface area contributed by atoms with Crippen molar-refractivity contribution in [3.05, 3.63) is 36.0 Å². The number of rotatable bonds is 19. The largest absolute Gasteiger partial charge is 0.481 e. The molecule has 1 heterocycles. The van der Waals surface area contributed by atoms with Crippen molar-refractivity contribution in [3.63, 3.8) is 0 Å². The zero-order chi connectivity index (χ0) is 35.3. The van der Waals surface area contributed by atoms with E-state index in [4.69, 9.17) is 4.74 Å². The van der Waals surface area contributed by atoms with Gasteiger partial charge in [-0.3, -0.25) is 24.0 Å². The second kappa shape index (κ2) is 18.0. The first-order valence-electron chi connectivity index (χ1n) is 15.5. The lowest BCUT2D eigenvalue weighted by atomic mass is 9.87. The highest BCUT2D eigenvalue weighted by atomic mass is 16.5. The average Bonchev–Trinajstić information content (AvgIpc) is 3.46. The van der Waals surface area contributed by atoms with Crippen molar-refractivity contribution in [1.29, 1.82) is 0 Å². The molecule has 2 aromatic rings. The second-order valence-corrected chi connectivity index (χ2v) is 12.2. The lowest BCUT2D eigenvalue weighted by Gasteiger charge is -2.28. The van der Waals surface area contributed by atoms with Gasteiger partial charge in [0.2, 0.25) is 23.6 Å². The van der Waals surface area contributed by atoms with Crippen LogP contribution in [-0.2, 0) is 39.9 Å². The number of esters is 1. The van der Waals surface area contributed by atoms with Crippen LogP contribution in [0.25, 0.3) is 10.9 Å². The molecule has 1 aromatic heterocycles. The SMILES string of the molecule is CC[C@H](C)[C@H](NC(=O)CCNC(=O)[C@H](O)C(C)(C)CO)C(=O)N[C@H](CCC(=O)O)C(=O)N[C@H](Cc1c[nH]c2ccccc12)C(=O)OC. The van der Waals surface area contributed by atoms with E-state index < -0.39 is 84.2 Å². The van der Waals surface area contributed by atoms with E-state index >= 15 is 0 Å². The summed E-state index contributed by atoms with van der Waals surface area (Å²) in [5.74, 6) is -5.27. The number of amides is 4. The van der Waals surface area contributed by atoms with Crippen LogP contribution < -0.4 is 21.3 Å². The lowest BCUT2D eigenvalue weighted by Crippen LogP contribution is -2.57. The van der Waals surface area contributed by atoms with Crippen molar-refractivity contribution < 1.29 is 48.8 Å². The van der Waals surface area contributed by atoms with Crippen LogP contribution in [0.5, 0.6) is 0 Å². The normalized spacial score (nSPS) is 14.6. The number of nitrogens with one attached hydrogen (secondary N) is 5. The van der Waals surface area contributed by atoms with Gasteiger partial charge < -0.3 is 46.3 Å². The zero-order valence-electron chi connectivity index (χ0n) is 27.4. The molecule has 2 rings (SSSR count). The van der Waals surface area contributed by atoms with Gasteiger partial charge in [-0.05, 0) is 24.0 Å². The molecule has 0 fully saturated rings. The summed E-state index contributed by atoms with van der Waals surface area (Å²) in [5, 5.41) is 39.8. The molecule has 0 aliphatic carbocycles. The van der Waals surface area contributed by atoms with Gasteiger partial charge in [-0.1, -0.05) is 52.3 Å². The van der Waals surface area contributed by atoms with Gasteiger partial charge in [-0.2, -0.15) is 0 Å². The van der Waals surface area contributed by atoms with E-state index in [1.165, 1.54) is 21.0 Å². The van der Waals surface area contributed by atoms with E-state index in [0.29, 0.717) is 6.42 Å². The Bertz CT molecular complexity index is 1410. The number of benzene rings is 1. The van der Waals surface area contributed by atoms with Crippen molar-refractivity contribution in [2.45, 2.75) is 84.0 Å². The number of aliphatic hydroxyl groups excluding tert-OH is 2. The molecule has 0 aliphatic rings. The molecule has 47 heavy (non-hydrogen) atoms. The van der Waals surface area contributed by atoms with Crippen LogP contribution in [0.2, 0.25) is 0 Å². The Morgan fingerprint density at radius 3 is 2.23 bits per heavy atom. The highest BCUT2D eigenvalue weighted by molar-refractivity contribution is 5.94. The fourth-order valence-corrected chi connectivity index (χ4v) is 4.71. The second-order valence-electron chi connectivity index (χ2n) is 12.2. The van der Waals surface area contributed by atoms with E-state index in [-0.39, 0.29) is 25.8 Å². The standard InChI is InChI=1S/C32H47N5O10/c1-6-18(2)26(37-24(39)13-14-33-30(45)27(42)32(3,4)17-38)29(44)35-22(11-12-25(40)41)28(43)36-23(31(46)47-5)15-19-16-34-21-10-8-7-9-20(19)21/h7-10,16,18,22-23,26-27,34,38,42H,6,11-15,17H2,1-5H3,(H,33,45)(H,35,44)(H,36,43)(H,37,39)(H,40,41)/t18-,22+,23+,26-,27-/m0/s1. The molecule has 1 aromatic carbocycles. The molecule has 0 unspecified atom stereocenters. The molecule has 0 saturated carbocycles. The summed E-state index contributed by atoms with van der Waals surface area (Å²) in [5.41, 5.74) is 0.459. The summed E-state index contributed by atoms with van der Waals surface area (Å²) < 4.78 is 4.90. The summed E-state index contributed by atoms with van der Waals surface area (Å²) in [4.78, 5) is 79.0. The first-order valence-corrected chi connectivity index (χ1v) is 15.5. The number of methoxy groups -OCH3 is 1. The van der Waals surface area contributed by atoms with Gasteiger partial charge in [0.05, 0.1) is 13.7 Å². The fourth-order valence-electron chi connectivity index (χ4n) is 4.71. The van der Waals surface area contributed by atoms with Crippen LogP contribution in [0.1, 0.15) is 58.9 Å². The number of H-pyrrole nitrogens is 1. The average molecular weight is 662 g/mol. The molecule has 4 amide bonds. The Morgan fingerprint density at radius 1 is 0.957 bits per heavy atom. The maximum atomic E-state index is 13.5. The van der Waals surface area contributed by atoms with Crippen molar-refractivity contribution in [3.8, 4) is 0 Å². The van der Waals surface area contributed by atoms with Gasteiger partial charge in [0, 0.05) is 48.3 Å².